The van der Waals surface area contributed by atoms with Gasteiger partial charge in [0.25, 0.3) is 0 Å². The molecule has 1 atom stereocenters. The van der Waals surface area contributed by atoms with Crippen molar-refractivity contribution in [2.75, 3.05) is 5.75 Å². The molecule has 1 rings (SSSR count). The van der Waals surface area contributed by atoms with Gasteiger partial charge in [0.1, 0.15) is 5.54 Å². The second kappa shape index (κ2) is 6.24. The molecule has 16 heavy (non-hydrogen) atoms. The fourth-order valence-electron chi connectivity index (χ4n) is 1.12. The summed E-state index contributed by atoms with van der Waals surface area (Å²) in [6.07, 6.45) is 3.42. The zero-order valence-electron chi connectivity index (χ0n) is 9.11. The van der Waals surface area contributed by atoms with Crippen LogP contribution in [0.25, 0.3) is 0 Å². The van der Waals surface area contributed by atoms with E-state index in [1.54, 1.807) is 24.9 Å². The molecule has 1 aromatic rings. The first-order chi connectivity index (χ1) is 7.53. The zero-order chi connectivity index (χ0) is 12.0. The molecule has 86 valence electrons. The Labute approximate surface area is 109 Å². The predicted octanol–water partition coefficient (Wildman–Crippen LogP) is 2.96. The highest BCUT2D eigenvalue weighted by atomic mass is 79.9. The Balaban J connectivity index is 2.27. The third-order valence-corrected chi connectivity index (χ3v) is 3.55. The monoisotopic (exact) mass is 299 g/mol. The van der Waals surface area contributed by atoms with Crippen LogP contribution in [0.3, 0.4) is 0 Å². The topological polar surface area (TPSA) is 62.7 Å². The molecular weight excluding hydrogens is 286 g/mol. The fourth-order valence-corrected chi connectivity index (χ4v) is 2.14. The fraction of sp³-hybridized carbons (Fsp3) is 0.455. The molecular formula is C11H14BrN3S. The van der Waals surface area contributed by atoms with Gasteiger partial charge in [0.15, 0.2) is 0 Å². The van der Waals surface area contributed by atoms with Gasteiger partial charge in [0.2, 0.25) is 0 Å². The summed E-state index contributed by atoms with van der Waals surface area (Å²) in [6.45, 7) is 1.76. The number of hydrogen-bond acceptors (Lipinski definition) is 4. The van der Waals surface area contributed by atoms with Gasteiger partial charge in [-0.3, -0.25) is 0 Å². The summed E-state index contributed by atoms with van der Waals surface area (Å²) in [4.78, 5) is 4.25. The number of halogens is 1. The van der Waals surface area contributed by atoms with Crippen LogP contribution >= 0.6 is 27.7 Å². The zero-order valence-corrected chi connectivity index (χ0v) is 11.5. The van der Waals surface area contributed by atoms with Gasteiger partial charge >= 0.3 is 0 Å². The summed E-state index contributed by atoms with van der Waals surface area (Å²) in [5.74, 6) is 0.934. The average Bonchev–Trinajstić information content (AvgIpc) is 2.27. The van der Waals surface area contributed by atoms with Crippen molar-refractivity contribution in [3.63, 3.8) is 0 Å². The van der Waals surface area contributed by atoms with Gasteiger partial charge in [0.05, 0.1) is 11.1 Å². The Morgan fingerprint density at radius 3 is 2.94 bits per heavy atom. The molecule has 1 aromatic heterocycles. The second-order valence-electron chi connectivity index (χ2n) is 3.80. The highest BCUT2D eigenvalue weighted by Gasteiger charge is 2.15. The van der Waals surface area contributed by atoms with Gasteiger partial charge in [-0.1, -0.05) is 0 Å². The standard InChI is InChI=1S/C11H14BrN3S/c1-11(14,8-13)5-2-6-16-10-4-3-9(12)7-15-10/h3-4,7H,2,5-6,14H2,1H3. The number of nitrogens with zero attached hydrogens (tertiary/aromatic N) is 2. The Morgan fingerprint density at radius 1 is 1.62 bits per heavy atom. The Hall–Kier alpha value is -0.570. The predicted molar refractivity (Wildman–Crippen MR) is 70.1 cm³/mol. The first-order valence-corrected chi connectivity index (χ1v) is 6.76. The van der Waals surface area contributed by atoms with E-state index in [1.165, 1.54) is 0 Å². The van der Waals surface area contributed by atoms with Gasteiger partial charge < -0.3 is 5.73 Å². The summed E-state index contributed by atoms with van der Waals surface area (Å²) >= 11 is 5.02. The minimum atomic E-state index is -0.701. The number of hydrogen-bond donors (Lipinski definition) is 1. The van der Waals surface area contributed by atoms with E-state index in [2.05, 4.69) is 27.0 Å². The largest absolute Gasteiger partial charge is 0.314 e. The molecule has 0 saturated heterocycles. The SMILES string of the molecule is CC(N)(C#N)CCCSc1ccc(Br)cn1. The molecule has 1 heterocycles. The first kappa shape index (κ1) is 13.5. The lowest BCUT2D eigenvalue weighted by atomic mass is 10.0. The van der Waals surface area contributed by atoms with Gasteiger partial charge in [-0.05, 0) is 53.6 Å². The van der Waals surface area contributed by atoms with Crippen molar-refractivity contribution in [1.29, 1.82) is 5.26 Å². The van der Waals surface area contributed by atoms with Gasteiger partial charge in [-0.15, -0.1) is 11.8 Å². The van der Waals surface area contributed by atoms with E-state index in [4.69, 9.17) is 11.0 Å². The smallest absolute Gasteiger partial charge is 0.101 e. The lowest BCUT2D eigenvalue weighted by Gasteiger charge is -2.13. The lowest BCUT2D eigenvalue weighted by molar-refractivity contribution is 0.540. The van der Waals surface area contributed by atoms with Crippen LogP contribution in [0.1, 0.15) is 19.8 Å². The minimum Gasteiger partial charge on any atom is -0.314 e. The summed E-state index contributed by atoms with van der Waals surface area (Å²) in [5.41, 5.74) is 5.02. The van der Waals surface area contributed by atoms with E-state index in [-0.39, 0.29) is 0 Å². The van der Waals surface area contributed by atoms with Crippen LogP contribution < -0.4 is 5.73 Å². The highest BCUT2D eigenvalue weighted by molar-refractivity contribution is 9.10. The number of thioether (sulfide) groups is 1. The average molecular weight is 300 g/mol. The van der Waals surface area contributed by atoms with Crippen molar-refractivity contribution in [3.05, 3.63) is 22.8 Å². The summed E-state index contributed by atoms with van der Waals surface area (Å²) in [6, 6.07) is 6.04. The molecule has 0 fully saturated rings. The molecule has 0 aliphatic heterocycles. The lowest BCUT2D eigenvalue weighted by Crippen LogP contribution is -2.33. The molecule has 0 aliphatic carbocycles. The van der Waals surface area contributed by atoms with Crippen LogP contribution in [0.15, 0.2) is 27.8 Å². The first-order valence-electron chi connectivity index (χ1n) is 4.98. The Kier molecular flexibility index (Phi) is 5.26. The number of pyridine rings is 1. The molecule has 0 aromatic carbocycles. The second-order valence-corrected chi connectivity index (χ2v) is 5.83. The minimum absolute atomic E-state index is 0.701. The Bertz CT molecular complexity index is 370. The molecule has 1 unspecified atom stereocenters. The molecule has 0 bridgehead atoms. The summed E-state index contributed by atoms with van der Waals surface area (Å²) in [5, 5.41) is 9.74. The van der Waals surface area contributed by atoms with E-state index in [0.717, 1.165) is 21.7 Å². The van der Waals surface area contributed by atoms with Crippen molar-refractivity contribution in [2.45, 2.75) is 30.3 Å². The van der Waals surface area contributed by atoms with E-state index in [9.17, 15) is 0 Å². The van der Waals surface area contributed by atoms with E-state index >= 15 is 0 Å². The number of nitrogens with two attached hydrogens (primary N) is 1. The van der Waals surface area contributed by atoms with Crippen molar-refractivity contribution in [2.24, 2.45) is 5.73 Å². The number of rotatable bonds is 5. The molecule has 0 aliphatic rings. The molecule has 0 radical (unpaired) electrons. The van der Waals surface area contributed by atoms with Gasteiger partial charge in [-0.2, -0.15) is 5.26 Å². The third-order valence-electron chi connectivity index (χ3n) is 2.05. The number of nitriles is 1. The molecule has 3 nitrogen and oxygen atoms in total. The third kappa shape index (κ3) is 4.97. The van der Waals surface area contributed by atoms with Crippen LogP contribution in [0.2, 0.25) is 0 Å². The molecule has 2 N–H and O–H groups in total. The van der Waals surface area contributed by atoms with Crippen LogP contribution in [0.5, 0.6) is 0 Å². The van der Waals surface area contributed by atoms with Crippen LogP contribution in [0.4, 0.5) is 0 Å². The Morgan fingerprint density at radius 2 is 2.38 bits per heavy atom. The highest BCUT2D eigenvalue weighted by Crippen LogP contribution is 2.20. The molecule has 0 spiro atoms. The molecule has 0 amide bonds. The van der Waals surface area contributed by atoms with Crippen molar-refractivity contribution in [1.82, 2.24) is 4.98 Å². The quantitative estimate of drug-likeness (QED) is 0.671. The molecule has 0 saturated carbocycles. The van der Waals surface area contributed by atoms with Crippen molar-refractivity contribution < 1.29 is 0 Å². The summed E-state index contributed by atoms with van der Waals surface area (Å²) in [7, 11) is 0. The van der Waals surface area contributed by atoms with Gasteiger partial charge in [0, 0.05) is 10.7 Å². The van der Waals surface area contributed by atoms with Gasteiger partial charge in [-0.25, -0.2) is 4.98 Å². The number of aromatic nitrogens is 1. The summed E-state index contributed by atoms with van der Waals surface area (Å²) < 4.78 is 0.982. The maximum absolute atomic E-state index is 8.74. The van der Waals surface area contributed by atoms with Crippen LogP contribution in [-0.4, -0.2) is 16.3 Å². The van der Waals surface area contributed by atoms with Crippen molar-refractivity contribution in [3.8, 4) is 6.07 Å². The van der Waals surface area contributed by atoms with E-state index < -0.39 is 5.54 Å². The van der Waals surface area contributed by atoms with Crippen LogP contribution in [-0.2, 0) is 0 Å². The maximum atomic E-state index is 8.74. The van der Waals surface area contributed by atoms with Crippen molar-refractivity contribution >= 4 is 27.7 Å². The normalized spacial score (nSPS) is 14.1. The van der Waals surface area contributed by atoms with E-state index in [0.29, 0.717) is 6.42 Å². The maximum Gasteiger partial charge on any atom is 0.101 e. The van der Waals surface area contributed by atoms with E-state index in [1.807, 2.05) is 12.1 Å². The molecule has 5 heteroatoms. The van der Waals surface area contributed by atoms with Crippen LogP contribution in [0, 0.1) is 11.3 Å².